The van der Waals surface area contributed by atoms with Crippen molar-refractivity contribution in [3.05, 3.63) is 75.8 Å². The summed E-state index contributed by atoms with van der Waals surface area (Å²) < 4.78 is 0. The summed E-state index contributed by atoms with van der Waals surface area (Å²) in [4.78, 5) is 30.6. The average molecular weight is 451 g/mol. The van der Waals surface area contributed by atoms with Gasteiger partial charge in [0.2, 0.25) is 0 Å². The number of halogens is 1. The van der Waals surface area contributed by atoms with Crippen LogP contribution < -0.4 is 10.6 Å². The molecule has 7 nitrogen and oxygen atoms in total. The predicted octanol–water partition coefficient (Wildman–Crippen LogP) is 5.57. The van der Waals surface area contributed by atoms with Crippen molar-refractivity contribution in [3.63, 3.8) is 0 Å². The first kappa shape index (κ1) is 20.9. The number of carbonyl (C=O) groups is 1. The molecule has 0 aliphatic rings. The Bertz CT molecular complexity index is 1240. The lowest BCUT2D eigenvalue weighted by Gasteiger charge is -2.09. The minimum atomic E-state index is -0.271. The highest BCUT2D eigenvalue weighted by Gasteiger charge is 2.15. The summed E-state index contributed by atoms with van der Waals surface area (Å²) >= 11 is 7.43. The van der Waals surface area contributed by atoms with Gasteiger partial charge in [-0.05, 0) is 44.5 Å². The third kappa shape index (κ3) is 4.87. The Hall–Kier alpha value is -3.36. The second-order valence-corrected chi connectivity index (χ2v) is 8.35. The van der Waals surface area contributed by atoms with Gasteiger partial charge in [0, 0.05) is 23.5 Å². The Morgan fingerprint density at radius 3 is 2.61 bits per heavy atom. The SMILES string of the molecule is Cc1ccc(-c2cc(Nc3ncc(C(=O)Nc4c(C)cccc4Cl)s3)nc(C)n2)cn1. The van der Waals surface area contributed by atoms with Crippen molar-refractivity contribution in [1.29, 1.82) is 0 Å². The Balaban J connectivity index is 1.52. The van der Waals surface area contributed by atoms with Crippen LogP contribution in [0.4, 0.5) is 16.6 Å². The van der Waals surface area contributed by atoms with E-state index < -0.39 is 0 Å². The molecule has 0 atom stereocenters. The number of nitrogens with one attached hydrogen (secondary N) is 2. The van der Waals surface area contributed by atoms with Crippen LogP contribution in [0, 0.1) is 20.8 Å². The number of para-hydroxylation sites is 1. The largest absolute Gasteiger partial charge is 0.320 e. The van der Waals surface area contributed by atoms with E-state index >= 15 is 0 Å². The zero-order chi connectivity index (χ0) is 22.0. The molecule has 3 aromatic heterocycles. The number of hydrogen-bond donors (Lipinski definition) is 2. The highest BCUT2D eigenvalue weighted by molar-refractivity contribution is 7.17. The van der Waals surface area contributed by atoms with E-state index in [-0.39, 0.29) is 5.91 Å². The number of amides is 1. The minimum absolute atomic E-state index is 0.271. The predicted molar refractivity (Wildman–Crippen MR) is 124 cm³/mol. The molecule has 0 unspecified atom stereocenters. The quantitative estimate of drug-likeness (QED) is 0.413. The van der Waals surface area contributed by atoms with E-state index in [2.05, 4.69) is 30.6 Å². The van der Waals surface area contributed by atoms with Crippen LogP contribution in [0.2, 0.25) is 5.02 Å². The fraction of sp³-hybridized carbons (Fsp3) is 0.136. The van der Waals surface area contributed by atoms with Gasteiger partial charge in [-0.2, -0.15) is 0 Å². The van der Waals surface area contributed by atoms with Crippen LogP contribution in [-0.2, 0) is 0 Å². The third-order valence-electron chi connectivity index (χ3n) is 4.47. The molecule has 1 amide bonds. The molecule has 0 aliphatic carbocycles. The van der Waals surface area contributed by atoms with Crippen LogP contribution in [0.25, 0.3) is 11.3 Å². The van der Waals surface area contributed by atoms with Crippen LogP contribution in [-0.4, -0.2) is 25.8 Å². The number of benzene rings is 1. The number of rotatable bonds is 5. The molecule has 156 valence electrons. The summed E-state index contributed by atoms with van der Waals surface area (Å²) in [5, 5.41) is 7.05. The van der Waals surface area contributed by atoms with Gasteiger partial charge in [-0.1, -0.05) is 35.1 Å². The second-order valence-electron chi connectivity index (χ2n) is 6.91. The van der Waals surface area contributed by atoms with Gasteiger partial charge < -0.3 is 10.6 Å². The van der Waals surface area contributed by atoms with Gasteiger partial charge in [0.1, 0.15) is 16.5 Å². The second kappa shape index (κ2) is 8.79. The first-order valence-corrected chi connectivity index (χ1v) is 10.7. The normalized spacial score (nSPS) is 10.7. The third-order valence-corrected chi connectivity index (χ3v) is 5.70. The fourth-order valence-corrected chi connectivity index (χ4v) is 3.90. The summed E-state index contributed by atoms with van der Waals surface area (Å²) in [7, 11) is 0. The zero-order valence-electron chi connectivity index (χ0n) is 17.1. The van der Waals surface area contributed by atoms with Crippen LogP contribution in [0.5, 0.6) is 0 Å². The average Bonchev–Trinajstić information content (AvgIpc) is 3.19. The maximum absolute atomic E-state index is 12.6. The minimum Gasteiger partial charge on any atom is -0.320 e. The molecule has 2 N–H and O–H groups in total. The van der Waals surface area contributed by atoms with Crippen LogP contribution in [0.15, 0.2) is 48.8 Å². The van der Waals surface area contributed by atoms with E-state index in [1.165, 1.54) is 17.5 Å². The molecule has 3 heterocycles. The number of pyridine rings is 1. The van der Waals surface area contributed by atoms with Gasteiger partial charge in [-0.3, -0.25) is 9.78 Å². The summed E-state index contributed by atoms with van der Waals surface area (Å²) in [5.74, 6) is 0.933. The summed E-state index contributed by atoms with van der Waals surface area (Å²) in [6.45, 7) is 5.65. The van der Waals surface area contributed by atoms with E-state index in [4.69, 9.17) is 11.6 Å². The summed E-state index contributed by atoms with van der Waals surface area (Å²) in [6, 6.07) is 11.2. The van der Waals surface area contributed by atoms with Crippen LogP contribution >= 0.6 is 22.9 Å². The number of anilines is 3. The molecule has 31 heavy (non-hydrogen) atoms. The number of hydrogen-bond acceptors (Lipinski definition) is 7. The smallest absolute Gasteiger partial charge is 0.267 e. The standard InChI is InChI=1S/C22H19ClN6OS/c1-12-5-4-6-16(23)20(12)29-21(30)18-11-25-22(31-18)28-19-9-17(26-14(3)27-19)15-8-7-13(2)24-10-15/h4-11H,1-3H3,(H,29,30)(H,25,26,27,28). The molecule has 1 aromatic carbocycles. The van der Waals surface area contributed by atoms with E-state index in [9.17, 15) is 4.79 Å². The topological polar surface area (TPSA) is 92.7 Å². The number of carbonyl (C=O) groups excluding carboxylic acids is 1. The van der Waals surface area contributed by atoms with Crippen molar-refractivity contribution in [2.24, 2.45) is 0 Å². The van der Waals surface area contributed by atoms with Gasteiger partial charge in [0.05, 0.1) is 22.6 Å². The molecule has 4 aromatic rings. The molecule has 9 heteroatoms. The molecular weight excluding hydrogens is 432 g/mol. The monoisotopic (exact) mass is 450 g/mol. The lowest BCUT2D eigenvalue weighted by molar-refractivity contribution is 0.103. The number of nitrogens with zero attached hydrogens (tertiary/aromatic N) is 4. The highest BCUT2D eigenvalue weighted by Crippen LogP contribution is 2.28. The molecule has 0 radical (unpaired) electrons. The van der Waals surface area contributed by atoms with Crippen molar-refractivity contribution < 1.29 is 4.79 Å². The van der Waals surface area contributed by atoms with Crippen molar-refractivity contribution in [2.45, 2.75) is 20.8 Å². The lowest BCUT2D eigenvalue weighted by atomic mass is 10.2. The van der Waals surface area contributed by atoms with E-state index in [1.54, 1.807) is 12.3 Å². The zero-order valence-corrected chi connectivity index (χ0v) is 18.7. The Morgan fingerprint density at radius 1 is 1.03 bits per heavy atom. The molecule has 0 saturated heterocycles. The van der Waals surface area contributed by atoms with Crippen molar-refractivity contribution >= 4 is 45.5 Å². The Labute approximate surface area is 188 Å². The highest BCUT2D eigenvalue weighted by atomic mass is 35.5. The van der Waals surface area contributed by atoms with E-state index in [0.29, 0.717) is 32.4 Å². The maximum atomic E-state index is 12.6. The van der Waals surface area contributed by atoms with Gasteiger partial charge >= 0.3 is 0 Å². The van der Waals surface area contributed by atoms with Gasteiger partial charge in [0.25, 0.3) is 5.91 Å². The Morgan fingerprint density at radius 2 is 1.87 bits per heavy atom. The van der Waals surface area contributed by atoms with Gasteiger partial charge in [-0.15, -0.1) is 0 Å². The molecular formula is C22H19ClN6OS. The molecule has 0 aliphatic heterocycles. The summed E-state index contributed by atoms with van der Waals surface area (Å²) in [6.07, 6.45) is 3.30. The fourth-order valence-electron chi connectivity index (χ4n) is 2.91. The van der Waals surface area contributed by atoms with Crippen LogP contribution in [0.1, 0.15) is 26.8 Å². The molecule has 4 rings (SSSR count). The van der Waals surface area contributed by atoms with E-state index in [0.717, 1.165) is 22.5 Å². The molecule has 0 saturated carbocycles. The molecule has 0 spiro atoms. The number of aryl methyl sites for hydroxylation is 3. The number of thiazole rings is 1. The lowest BCUT2D eigenvalue weighted by Crippen LogP contribution is -2.11. The maximum Gasteiger partial charge on any atom is 0.267 e. The van der Waals surface area contributed by atoms with Gasteiger partial charge in [0.15, 0.2) is 5.13 Å². The van der Waals surface area contributed by atoms with E-state index in [1.807, 2.05) is 51.1 Å². The Kier molecular flexibility index (Phi) is 5.92. The van der Waals surface area contributed by atoms with Crippen molar-refractivity contribution in [3.8, 4) is 11.3 Å². The molecule has 0 bridgehead atoms. The first-order valence-electron chi connectivity index (χ1n) is 9.47. The molecule has 0 fully saturated rings. The summed E-state index contributed by atoms with van der Waals surface area (Å²) in [5.41, 5.74) is 4.08. The first-order chi connectivity index (χ1) is 14.9. The number of aromatic nitrogens is 4. The van der Waals surface area contributed by atoms with Gasteiger partial charge in [-0.25, -0.2) is 15.0 Å². The van der Waals surface area contributed by atoms with Crippen molar-refractivity contribution in [1.82, 2.24) is 19.9 Å². The van der Waals surface area contributed by atoms with Crippen LogP contribution in [0.3, 0.4) is 0 Å². The van der Waals surface area contributed by atoms with Crippen molar-refractivity contribution in [2.75, 3.05) is 10.6 Å².